The lowest BCUT2D eigenvalue weighted by Gasteiger charge is -2.26. The highest BCUT2D eigenvalue weighted by molar-refractivity contribution is 7.89. The molecule has 2 rings (SSSR count). The molecule has 8 heteroatoms. The number of hydrogen-bond donors (Lipinski definition) is 1. The highest BCUT2D eigenvalue weighted by atomic mass is 32.2. The number of nitrogens with zero attached hydrogens (tertiary/aromatic N) is 2. The monoisotopic (exact) mass is 372 g/mol. The molecule has 1 heterocycles. The summed E-state index contributed by atoms with van der Waals surface area (Å²) in [5.41, 5.74) is 0.116. The van der Waals surface area contributed by atoms with Gasteiger partial charge in [0.05, 0.1) is 6.10 Å². The summed E-state index contributed by atoms with van der Waals surface area (Å²) in [7, 11) is -2.39. The van der Waals surface area contributed by atoms with Crippen LogP contribution in [0.5, 0.6) is 0 Å². The molecular weight excluding hydrogens is 347 g/mol. The van der Waals surface area contributed by atoms with Crippen molar-refractivity contribution in [2.75, 3.05) is 26.7 Å². The maximum absolute atomic E-state index is 14.2. The average Bonchev–Trinajstić information content (AvgIpc) is 2.60. The molecule has 1 aliphatic heterocycles. The predicted octanol–water partition coefficient (Wildman–Crippen LogP) is 1.84. The number of piperidine rings is 1. The van der Waals surface area contributed by atoms with E-state index in [0.717, 1.165) is 31.4 Å². The van der Waals surface area contributed by atoms with E-state index in [1.165, 1.54) is 15.3 Å². The molecule has 0 saturated carbocycles. The van der Waals surface area contributed by atoms with E-state index in [2.05, 4.69) is 0 Å². The molecule has 1 saturated heterocycles. The van der Waals surface area contributed by atoms with E-state index in [9.17, 15) is 22.7 Å². The molecule has 0 bridgehead atoms. The van der Waals surface area contributed by atoms with Gasteiger partial charge in [-0.15, -0.1) is 0 Å². The maximum Gasteiger partial charge on any atom is 0.253 e. The van der Waals surface area contributed by atoms with Gasteiger partial charge in [0.15, 0.2) is 0 Å². The first-order valence-electron chi connectivity index (χ1n) is 8.46. The molecule has 0 aliphatic carbocycles. The van der Waals surface area contributed by atoms with E-state index < -0.39 is 32.7 Å². The number of benzene rings is 1. The number of carbonyl (C=O) groups is 1. The van der Waals surface area contributed by atoms with E-state index in [0.29, 0.717) is 26.1 Å². The summed E-state index contributed by atoms with van der Waals surface area (Å²) in [6.07, 6.45) is 2.32. The summed E-state index contributed by atoms with van der Waals surface area (Å²) in [6.45, 7) is 2.68. The molecule has 1 N–H and O–H groups in total. The number of sulfonamides is 1. The van der Waals surface area contributed by atoms with Crippen LogP contribution in [0.4, 0.5) is 4.39 Å². The molecule has 1 aliphatic rings. The van der Waals surface area contributed by atoms with Crippen molar-refractivity contribution in [1.82, 2.24) is 9.21 Å². The zero-order valence-electron chi connectivity index (χ0n) is 14.6. The van der Waals surface area contributed by atoms with Crippen LogP contribution in [0.2, 0.25) is 0 Å². The number of hydrogen-bond acceptors (Lipinski definition) is 4. The van der Waals surface area contributed by atoms with Crippen LogP contribution in [-0.4, -0.2) is 61.4 Å². The highest BCUT2D eigenvalue weighted by Gasteiger charge is 2.29. The summed E-state index contributed by atoms with van der Waals surface area (Å²) >= 11 is 0. The first-order chi connectivity index (χ1) is 11.7. The van der Waals surface area contributed by atoms with E-state index in [1.807, 2.05) is 0 Å². The second-order valence-corrected chi connectivity index (χ2v) is 8.38. The minimum Gasteiger partial charge on any atom is -0.393 e. The first kappa shape index (κ1) is 19.8. The molecule has 1 atom stereocenters. The molecule has 1 aromatic carbocycles. The van der Waals surface area contributed by atoms with Crippen LogP contribution < -0.4 is 0 Å². The van der Waals surface area contributed by atoms with Gasteiger partial charge in [0, 0.05) is 32.2 Å². The van der Waals surface area contributed by atoms with Crippen LogP contribution >= 0.6 is 0 Å². The van der Waals surface area contributed by atoms with Crippen molar-refractivity contribution in [3.05, 3.63) is 29.6 Å². The average molecular weight is 372 g/mol. The van der Waals surface area contributed by atoms with E-state index in [-0.39, 0.29) is 5.56 Å². The fraction of sp³-hybridized carbons (Fsp3) is 0.588. The van der Waals surface area contributed by atoms with E-state index in [1.54, 1.807) is 14.0 Å². The number of aliphatic hydroxyl groups excluding tert-OH is 1. The van der Waals surface area contributed by atoms with Gasteiger partial charge in [-0.25, -0.2) is 12.8 Å². The third-order valence-electron chi connectivity index (χ3n) is 4.34. The van der Waals surface area contributed by atoms with Crippen molar-refractivity contribution in [3.8, 4) is 0 Å². The molecule has 0 aromatic heterocycles. The second-order valence-electron chi connectivity index (χ2n) is 6.47. The quantitative estimate of drug-likeness (QED) is 0.827. The Labute approximate surface area is 148 Å². The second kappa shape index (κ2) is 8.25. The summed E-state index contributed by atoms with van der Waals surface area (Å²) in [5.74, 6) is -1.26. The molecular formula is C17H25FN2O4S. The number of amides is 1. The summed E-state index contributed by atoms with van der Waals surface area (Å²) in [5, 5.41) is 9.31. The van der Waals surface area contributed by atoms with E-state index >= 15 is 0 Å². The Balaban J connectivity index is 2.26. The van der Waals surface area contributed by atoms with Gasteiger partial charge < -0.3 is 10.0 Å². The van der Waals surface area contributed by atoms with Crippen molar-refractivity contribution < 1.29 is 22.7 Å². The summed E-state index contributed by atoms with van der Waals surface area (Å²) in [4.78, 5) is 13.4. The third-order valence-corrected chi connectivity index (χ3v) is 6.25. The van der Waals surface area contributed by atoms with Crippen LogP contribution in [0.3, 0.4) is 0 Å². The van der Waals surface area contributed by atoms with Gasteiger partial charge in [0.2, 0.25) is 10.0 Å². The number of aliphatic hydroxyl groups is 1. The number of carbonyl (C=O) groups excluding carboxylic acids is 1. The molecule has 140 valence electrons. The van der Waals surface area contributed by atoms with Crippen LogP contribution in [0.15, 0.2) is 23.1 Å². The van der Waals surface area contributed by atoms with Crippen LogP contribution in [-0.2, 0) is 10.0 Å². The number of rotatable bonds is 6. The Hall–Kier alpha value is -1.51. The van der Waals surface area contributed by atoms with Crippen molar-refractivity contribution in [1.29, 1.82) is 0 Å². The fourth-order valence-corrected chi connectivity index (χ4v) is 4.39. The Morgan fingerprint density at radius 2 is 1.96 bits per heavy atom. The Kier molecular flexibility index (Phi) is 6.53. The van der Waals surface area contributed by atoms with Gasteiger partial charge in [0.1, 0.15) is 10.7 Å². The normalized spacial score (nSPS) is 17.3. The number of halogens is 1. The van der Waals surface area contributed by atoms with Crippen molar-refractivity contribution in [2.24, 2.45) is 0 Å². The lowest BCUT2D eigenvalue weighted by molar-refractivity contribution is 0.0768. The standard InChI is InChI=1S/C17H25FN2O4S/c1-13(21)8-11-19(2)17(22)14-6-7-15(18)16(12-14)25(23,24)20-9-4-3-5-10-20/h6-7,12-13,21H,3-5,8-11H2,1-2H3/t13-/m0/s1. The van der Waals surface area contributed by atoms with Crippen molar-refractivity contribution >= 4 is 15.9 Å². The van der Waals surface area contributed by atoms with Crippen LogP contribution in [0, 0.1) is 5.82 Å². The molecule has 1 aromatic rings. The maximum atomic E-state index is 14.2. The highest BCUT2D eigenvalue weighted by Crippen LogP contribution is 2.24. The lowest BCUT2D eigenvalue weighted by atomic mass is 10.2. The first-order valence-corrected chi connectivity index (χ1v) is 9.90. The van der Waals surface area contributed by atoms with E-state index in [4.69, 9.17) is 0 Å². The minimum atomic E-state index is -3.95. The van der Waals surface area contributed by atoms with Gasteiger partial charge in [-0.3, -0.25) is 4.79 Å². The van der Waals surface area contributed by atoms with Gasteiger partial charge in [-0.2, -0.15) is 4.31 Å². The van der Waals surface area contributed by atoms with Gasteiger partial charge >= 0.3 is 0 Å². The van der Waals surface area contributed by atoms with Crippen LogP contribution in [0.1, 0.15) is 43.0 Å². The van der Waals surface area contributed by atoms with Gasteiger partial charge in [-0.05, 0) is 44.4 Å². The molecule has 1 fully saturated rings. The molecule has 1 amide bonds. The van der Waals surface area contributed by atoms with Crippen molar-refractivity contribution in [2.45, 2.75) is 43.6 Å². The van der Waals surface area contributed by atoms with Gasteiger partial charge in [-0.1, -0.05) is 6.42 Å². The zero-order chi connectivity index (χ0) is 18.6. The Morgan fingerprint density at radius 1 is 1.32 bits per heavy atom. The SMILES string of the molecule is C[C@H](O)CCN(C)C(=O)c1ccc(F)c(S(=O)(=O)N2CCCCC2)c1. The molecule has 0 unspecified atom stereocenters. The molecule has 0 radical (unpaired) electrons. The largest absolute Gasteiger partial charge is 0.393 e. The predicted molar refractivity (Wildman–Crippen MR) is 92.3 cm³/mol. The lowest BCUT2D eigenvalue weighted by Crippen LogP contribution is -2.36. The zero-order valence-corrected chi connectivity index (χ0v) is 15.4. The third kappa shape index (κ3) is 4.77. The topological polar surface area (TPSA) is 77.9 Å². The van der Waals surface area contributed by atoms with Crippen molar-refractivity contribution in [3.63, 3.8) is 0 Å². The van der Waals surface area contributed by atoms with Gasteiger partial charge in [0.25, 0.3) is 5.91 Å². The minimum absolute atomic E-state index is 0.116. The molecule has 6 nitrogen and oxygen atoms in total. The molecule has 25 heavy (non-hydrogen) atoms. The fourth-order valence-electron chi connectivity index (χ4n) is 2.78. The summed E-state index contributed by atoms with van der Waals surface area (Å²) < 4.78 is 40.8. The molecule has 0 spiro atoms. The smallest absolute Gasteiger partial charge is 0.253 e. The summed E-state index contributed by atoms with van der Waals surface area (Å²) in [6, 6.07) is 3.42. The van der Waals surface area contributed by atoms with Crippen LogP contribution in [0.25, 0.3) is 0 Å². The Morgan fingerprint density at radius 3 is 2.56 bits per heavy atom. The Bertz CT molecular complexity index is 715.